The largest absolute Gasteiger partial charge is 0.486 e. The second kappa shape index (κ2) is 6.36. The van der Waals surface area contributed by atoms with Crippen molar-refractivity contribution < 1.29 is 23.0 Å². The van der Waals surface area contributed by atoms with Crippen LogP contribution in [0.25, 0.3) is 0 Å². The molecule has 3 rings (SSSR count). The van der Waals surface area contributed by atoms with Gasteiger partial charge in [-0.05, 0) is 36.4 Å². The van der Waals surface area contributed by atoms with Crippen LogP contribution < -0.4 is 9.47 Å². The number of ether oxygens (including phenoxy) is 2. The fourth-order valence-electron chi connectivity index (χ4n) is 2.05. The minimum Gasteiger partial charge on any atom is -0.486 e. The van der Waals surface area contributed by atoms with E-state index in [1.54, 1.807) is 18.2 Å². The molecular formula is C16H12F2O3S. The highest BCUT2D eigenvalue weighted by molar-refractivity contribution is 8.00. The summed E-state index contributed by atoms with van der Waals surface area (Å²) < 4.78 is 37.5. The van der Waals surface area contributed by atoms with E-state index in [1.807, 2.05) is 0 Å². The SMILES string of the molecule is O=C(CSc1ccc2c(c1)OCCO2)c1cc(F)ccc1F. The molecule has 0 amide bonds. The van der Waals surface area contributed by atoms with Gasteiger partial charge in [0.25, 0.3) is 0 Å². The lowest BCUT2D eigenvalue weighted by molar-refractivity contribution is 0.101. The summed E-state index contributed by atoms with van der Waals surface area (Å²) in [7, 11) is 0. The van der Waals surface area contributed by atoms with E-state index in [0.29, 0.717) is 24.7 Å². The number of rotatable bonds is 4. The first-order chi connectivity index (χ1) is 10.6. The highest BCUT2D eigenvalue weighted by atomic mass is 32.2. The summed E-state index contributed by atoms with van der Waals surface area (Å²) in [5.74, 6) is -0.501. The Balaban J connectivity index is 1.69. The molecule has 114 valence electrons. The molecule has 3 nitrogen and oxygen atoms in total. The van der Waals surface area contributed by atoms with Gasteiger partial charge in [0.15, 0.2) is 17.3 Å². The third-order valence-corrected chi connectivity index (χ3v) is 4.11. The molecule has 0 aliphatic carbocycles. The molecule has 22 heavy (non-hydrogen) atoms. The van der Waals surface area contributed by atoms with Gasteiger partial charge in [-0.3, -0.25) is 4.79 Å². The fraction of sp³-hybridized carbons (Fsp3) is 0.188. The number of benzene rings is 2. The Morgan fingerprint density at radius 3 is 2.64 bits per heavy atom. The van der Waals surface area contributed by atoms with Crippen LogP contribution in [-0.4, -0.2) is 24.7 Å². The fourth-order valence-corrected chi connectivity index (χ4v) is 2.86. The van der Waals surface area contributed by atoms with Crippen molar-refractivity contribution in [1.82, 2.24) is 0 Å². The number of hydrogen-bond donors (Lipinski definition) is 0. The van der Waals surface area contributed by atoms with Crippen molar-refractivity contribution in [3.05, 3.63) is 53.6 Å². The van der Waals surface area contributed by atoms with E-state index in [9.17, 15) is 13.6 Å². The minimum atomic E-state index is -0.714. The molecule has 6 heteroatoms. The standard InChI is InChI=1S/C16H12F2O3S/c17-10-1-3-13(18)12(7-10)14(19)9-22-11-2-4-15-16(8-11)21-6-5-20-15/h1-4,7-8H,5-6,9H2. The van der Waals surface area contributed by atoms with Gasteiger partial charge in [-0.25, -0.2) is 8.78 Å². The monoisotopic (exact) mass is 322 g/mol. The maximum atomic E-state index is 13.5. The first-order valence-electron chi connectivity index (χ1n) is 6.64. The van der Waals surface area contributed by atoms with Crippen LogP contribution in [0.1, 0.15) is 10.4 Å². The van der Waals surface area contributed by atoms with Crippen molar-refractivity contribution in [2.45, 2.75) is 4.90 Å². The molecule has 0 N–H and O–H groups in total. The van der Waals surface area contributed by atoms with Gasteiger partial charge in [-0.15, -0.1) is 11.8 Å². The van der Waals surface area contributed by atoms with Crippen molar-refractivity contribution in [2.75, 3.05) is 19.0 Å². The van der Waals surface area contributed by atoms with Gasteiger partial charge >= 0.3 is 0 Å². The quantitative estimate of drug-likeness (QED) is 0.635. The van der Waals surface area contributed by atoms with Crippen molar-refractivity contribution >= 4 is 17.5 Å². The molecular weight excluding hydrogens is 310 g/mol. The first-order valence-corrected chi connectivity index (χ1v) is 7.63. The molecule has 0 spiro atoms. The molecule has 0 fully saturated rings. The first kappa shape index (κ1) is 14.8. The Hall–Kier alpha value is -2.08. The van der Waals surface area contributed by atoms with Crippen molar-refractivity contribution in [3.63, 3.8) is 0 Å². The number of carbonyl (C=O) groups is 1. The molecule has 0 aromatic heterocycles. The Bertz CT molecular complexity index is 719. The van der Waals surface area contributed by atoms with Crippen LogP contribution in [-0.2, 0) is 0 Å². The van der Waals surface area contributed by atoms with Crippen LogP contribution >= 0.6 is 11.8 Å². The predicted octanol–water partition coefficient (Wildman–Crippen LogP) is 3.71. The lowest BCUT2D eigenvalue weighted by Gasteiger charge is -2.18. The van der Waals surface area contributed by atoms with Gasteiger partial charge in [-0.1, -0.05) is 0 Å². The molecule has 1 aliphatic rings. The summed E-state index contributed by atoms with van der Waals surface area (Å²) in [5.41, 5.74) is -0.231. The van der Waals surface area contributed by atoms with Crippen molar-refractivity contribution in [1.29, 1.82) is 0 Å². The number of ketones is 1. The van der Waals surface area contributed by atoms with Crippen molar-refractivity contribution in [2.24, 2.45) is 0 Å². The topological polar surface area (TPSA) is 35.5 Å². The molecule has 1 heterocycles. The number of Topliss-reactive ketones (excluding diaryl/α,β-unsaturated/α-hetero) is 1. The van der Waals surface area contributed by atoms with Crippen molar-refractivity contribution in [3.8, 4) is 11.5 Å². The Morgan fingerprint density at radius 2 is 1.82 bits per heavy atom. The Labute approximate surface area is 130 Å². The van der Waals surface area contributed by atoms with Gasteiger partial charge in [0, 0.05) is 4.90 Å². The minimum absolute atomic E-state index is 0.0139. The van der Waals surface area contributed by atoms with E-state index in [2.05, 4.69) is 0 Å². The van der Waals surface area contributed by atoms with E-state index < -0.39 is 17.4 Å². The maximum Gasteiger partial charge on any atom is 0.176 e. The van der Waals surface area contributed by atoms with E-state index in [1.165, 1.54) is 11.8 Å². The predicted molar refractivity (Wildman–Crippen MR) is 78.8 cm³/mol. The highest BCUT2D eigenvalue weighted by Crippen LogP contribution is 2.34. The van der Waals surface area contributed by atoms with Gasteiger partial charge in [-0.2, -0.15) is 0 Å². The summed E-state index contributed by atoms with van der Waals surface area (Å²) >= 11 is 1.24. The molecule has 0 radical (unpaired) electrons. The van der Waals surface area contributed by atoms with Crippen LogP contribution in [0.2, 0.25) is 0 Å². The molecule has 0 unspecified atom stereocenters. The van der Waals surface area contributed by atoms with Crippen LogP contribution in [0.4, 0.5) is 8.78 Å². The Kier molecular flexibility index (Phi) is 4.29. The van der Waals surface area contributed by atoms with Crippen LogP contribution in [0.3, 0.4) is 0 Å². The number of carbonyl (C=O) groups excluding carboxylic acids is 1. The molecule has 2 aromatic rings. The second-order valence-corrected chi connectivity index (χ2v) is 5.69. The Morgan fingerprint density at radius 1 is 1.05 bits per heavy atom. The van der Waals surface area contributed by atoms with Gasteiger partial charge in [0.2, 0.25) is 0 Å². The molecule has 1 aliphatic heterocycles. The molecule has 0 bridgehead atoms. The number of fused-ring (bicyclic) bond motifs is 1. The average molecular weight is 322 g/mol. The van der Waals surface area contributed by atoms with Gasteiger partial charge in [0.05, 0.1) is 11.3 Å². The number of hydrogen-bond acceptors (Lipinski definition) is 4. The molecule has 0 saturated carbocycles. The van der Waals surface area contributed by atoms with Gasteiger partial charge in [0.1, 0.15) is 24.8 Å². The highest BCUT2D eigenvalue weighted by Gasteiger charge is 2.15. The summed E-state index contributed by atoms with van der Waals surface area (Å²) in [5, 5.41) is 0. The third-order valence-electron chi connectivity index (χ3n) is 3.11. The number of thioether (sulfide) groups is 1. The molecule has 0 saturated heterocycles. The summed E-state index contributed by atoms with van der Waals surface area (Å²) in [6.45, 7) is 0.991. The van der Waals surface area contributed by atoms with Gasteiger partial charge < -0.3 is 9.47 Å². The zero-order valence-corrected chi connectivity index (χ0v) is 12.3. The summed E-state index contributed by atoms with van der Waals surface area (Å²) in [4.78, 5) is 12.8. The third kappa shape index (κ3) is 3.22. The van der Waals surface area contributed by atoms with E-state index in [0.717, 1.165) is 23.1 Å². The van der Waals surface area contributed by atoms with E-state index in [-0.39, 0.29) is 11.3 Å². The zero-order chi connectivity index (χ0) is 15.5. The van der Waals surface area contributed by atoms with Crippen LogP contribution in [0.5, 0.6) is 11.5 Å². The summed E-state index contributed by atoms with van der Waals surface area (Å²) in [6, 6.07) is 8.20. The lowest BCUT2D eigenvalue weighted by Crippen LogP contribution is -2.15. The normalized spacial score (nSPS) is 13.0. The maximum absolute atomic E-state index is 13.5. The molecule has 2 aromatic carbocycles. The molecule has 0 atom stereocenters. The smallest absolute Gasteiger partial charge is 0.176 e. The number of halogens is 2. The van der Waals surface area contributed by atoms with E-state index in [4.69, 9.17) is 9.47 Å². The van der Waals surface area contributed by atoms with E-state index >= 15 is 0 Å². The average Bonchev–Trinajstić information content (AvgIpc) is 2.54. The second-order valence-electron chi connectivity index (χ2n) is 4.64. The summed E-state index contributed by atoms with van der Waals surface area (Å²) in [6.07, 6.45) is 0. The van der Waals surface area contributed by atoms with Crippen LogP contribution in [0.15, 0.2) is 41.3 Å². The zero-order valence-electron chi connectivity index (χ0n) is 11.5. The lowest BCUT2D eigenvalue weighted by atomic mass is 10.1. The van der Waals surface area contributed by atoms with Crippen LogP contribution in [0, 0.1) is 11.6 Å².